The number of thiazole rings is 1. The Labute approximate surface area is 143 Å². The molecule has 0 radical (unpaired) electrons. The average Bonchev–Trinajstić information content (AvgIpc) is 3.18. The Morgan fingerprint density at radius 3 is 2.71 bits per heavy atom. The summed E-state index contributed by atoms with van der Waals surface area (Å²) in [6.45, 7) is 0. The van der Waals surface area contributed by atoms with Crippen LogP contribution in [0.5, 0.6) is 0 Å². The van der Waals surface area contributed by atoms with Gasteiger partial charge in [-0.25, -0.2) is 4.98 Å². The summed E-state index contributed by atoms with van der Waals surface area (Å²) in [7, 11) is 0. The SMILES string of the molecule is O=C(Cc1cccs1)Nc1nc(-c2cccc(C(F)(F)F)c2)cs1. The molecule has 0 saturated heterocycles. The molecule has 2 heterocycles. The van der Waals surface area contributed by atoms with E-state index < -0.39 is 11.7 Å². The Morgan fingerprint density at radius 2 is 2.00 bits per heavy atom. The third kappa shape index (κ3) is 4.01. The van der Waals surface area contributed by atoms with Crippen LogP contribution in [0.4, 0.5) is 18.3 Å². The van der Waals surface area contributed by atoms with Gasteiger partial charge >= 0.3 is 6.18 Å². The van der Waals surface area contributed by atoms with E-state index in [1.54, 1.807) is 11.4 Å². The lowest BCUT2D eigenvalue weighted by molar-refractivity contribution is -0.137. The molecule has 3 aromatic rings. The average molecular weight is 368 g/mol. The molecule has 0 aliphatic carbocycles. The maximum atomic E-state index is 12.8. The number of carbonyl (C=O) groups is 1. The number of nitrogens with zero attached hydrogens (tertiary/aromatic N) is 1. The maximum Gasteiger partial charge on any atom is 0.416 e. The van der Waals surface area contributed by atoms with Crippen molar-refractivity contribution in [3.05, 3.63) is 57.6 Å². The Bertz CT molecular complexity index is 841. The first-order valence-corrected chi connectivity index (χ1v) is 8.63. The van der Waals surface area contributed by atoms with Crippen LogP contribution in [0.3, 0.4) is 0 Å². The van der Waals surface area contributed by atoms with Crippen LogP contribution in [0.15, 0.2) is 47.2 Å². The summed E-state index contributed by atoms with van der Waals surface area (Å²) in [5.74, 6) is -0.206. The molecule has 0 aliphatic heterocycles. The van der Waals surface area contributed by atoms with Crippen LogP contribution in [0, 0.1) is 0 Å². The lowest BCUT2D eigenvalue weighted by Gasteiger charge is -2.07. The molecule has 0 unspecified atom stereocenters. The molecule has 0 bridgehead atoms. The second-order valence-electron chi connectivity index (χ2n) is 4.92. The number of anilines is 1. The molecule has 1 aromatic carbocycles. The molecule has 2 aromatic heterocycles. The van der Waals surface area contributed by atoms with Crippen molar-refractivity contribution in [2.45, 2.75) is 12.6 Å². The largest absolute Gasteiger partial charge is 0.416 e. The third-order valence-corrected chi connectivity index (χ3v) is 4.79. The molecule has 0 saturated carbocycles. The molecule has 0 atom stereocenters. The summed E-state index contributed by atoms with van der Waals surface area (Å²) >= 11 is 2.66. The molecule has 8 heteroatoms. The molecule has 24 heavy (non-hydrogen) atoms. The van der Waals surface area contributed by atoms with E-state index in [1.165, 1.54) is 28.7 Å². The number of aromatic nitrogens is 1. The lowest BCUT2D eigenvalue weighted by Crippen LogP contribution is -2.13. The number of benzene rings is 1. The highest BCUT2D eigenvalue weighted by atomic mass is 32.1. The first kappa shape index (κ1) is 16.7. The Hall–Kier alpha value is -2.19. The topological polar surface area (TPSA) is 42.0 Å². The van der Waals surface area contributed by atoms with Crippen LogP contribution in [0.1, 0.15) is 10.4 Å². The van der Waals surface area contributed by atoms with Gasteiger partial charge in [-0.05, 0) is 23.6 Å². The molecule has 1 N–H and O–H groups in total. The summed E-state index contributed by atoms with van der Waals surface area (Å²) in [6, 6.07) is 8.68. The van der Waals surface area contributed by atoms with E-state index in [9.17, 15) is 18.0 Å². The van der Waals surface area contributed by atoms with Crippen LogP contribution >= 0.6 is 22.7 Å². The first-order valence-electron chi connectivity index (χ1n) is 6.87. The van der Waals surface area contributed by atoms with Crippen molar-refractivity contribution in [1.82, 2.24) is 4.98 Å². The van der Waals surface area contributed by atoms with E-state index in [2.05, 4.69) is 10.3 Å². The van der Waals surface area contributed by atoms with Crippen LogP contribution in [-0.2, 0) is 17.4 Å². The summed E-state index contributed by atoms with van der Waals surface area (Å²) < 4.78 is 38.3. The van der Waals surface area contributed by atoms with Crippen molar-refractivity contribution in [2.75, 3.05) is 5.32 Å². The van der Waals surface area contributed by atoms with Crippen LogP contribution in [0.2, 0.25) is 0 Å². The molecule has 3 rings (SSSR count). The van der Waals surface area contributed by atoms with Crippen molar-refractivity contribution >= 4 is 33.7 Å². The van der Waals surface area contributed by atoms with Gasteiger partial charge in [-0.15, -0.1) is 22.7 Å². The standard InChI is InChI=1S/C16H11F3N2OS2/c17-16(18,19)11-4-1-3-10(7-11)13-9-24-15(20-13)21-14(22)8-12-5-2-6-23-12/h1-7,9H,8H2,(H,20,21,22). The number of nitrogens with one attached hydrogen (secondary N) is 1. The van der Waals surface area contributed by atoms with Gasteiger partial charge < -0.3 is 5.32 Å². The smallest absolute Gasteiger partial charge is 0.302 e. The fourth-order valence-corrected chi connectivity index (χ4v) is 3.49. The van der Waals surface area contributed by atoms with E-state index >= 15 is 0 Å². The van der Waals surface area contributed by atoms with Crippen molar-refractivity contribution in [3.63, 3.8) is 0 Å². The minimum atomic E-state index is -4.40. The van der Waals surface area contributed by atoms with Gasteiger partial charge in [0.25, 0.3) is 0 Å². The number of carbonyl (C=O) groups excluding carboxylic acids is 1. The highest BCUT2D eigenvalue weighted by molar-refractivity contribution is 7.14. The Balaban J connectivity index is 1.72. The van der Waals surface area contributed by atoms with Crippen molar-refractivity contribution in [2.24, 2.45) is 0 Å². The van der Waals surface area contributed by atoms with Crippen LogP contribution in [-0.4, -0.2) is 10.9 Å². The Morgan fingerprint density at radius 1 is 1.17 bits per heavy atom. The summed E-state index contributed by atoms with van der Waals surface area (Å²) in [4.78, 5) is 17.1. The van der Waals surface area contributed by atoms with Crippen molar-refractivity contribution < 1.29 is 18.0 Å². The van der Waals surface area contributed by atoms with Gasteiger partial charge in [-0.2, -0.15) is 13.2 Å². The van der Waals surface area contributed by atoms with Gasteiger partial charge in [0.1, 0.15) is 0 Å². The molecule has 124 valence electrons. The highest BCUT2D eigenvalue weighted by Gasteiger charge is 2.30. The van der Waals surface area contributed by atoms with Crippen molar-refractivity contribution in [3.8, 4) is 11.3 Å². The predicted molar refractivity (Wildman–Crippen MR) is 89.2 cm³/mol. The quantitative estimate of drug-likeness (QED) is 0.698. The summed E-state index contributed by atoms with van der Waals surface area (Å²) in [5.41, 5.74) is 0.0358. The maximum absolute atomic E-state index is 12.8. The number of halogens is 3. The van der Waals surface area contributed by atoms with Crippen LogP contribution < -0.4 is 5.32 Å². The zero-order valence-corrected chi connectivity index (χ0v) is 13.8. The lowest BCUT2D eigenvalue weighted by atomic mass is 10.1. The number of hydrogen-bond donors (Lipinski definition) is 1. The zero-order valence-electron chi connectivity index (χ0n) is 12.1. The summed E-state index contributed by atoms with van der Waals surface area (Å²) in [6.07, 6.45) is -4.15. The van der Waals surface area contributed by atoms with E-state index in [-0.39, 0.29) is 12.3 Å². The molecule has 1 amide bonds. The van der Waals surface area contributed by atoms with E-state index in [4.69, 9.17) is 0 Å². The second-order valence-corrected chi connectivity index (χ2v) is 6.81. The number of amides is 1. The predicted octanol–water partition coefficient (Wildman–Crippen LogP) is 5.07. The molecule has 0 spiro atoms. The normalized spacial score (nSPS) is 11.5. The molecular weight excluding hydrogens is 357 g/mol. The second kappa shape index (κ2) is 6.74. The summed E-state index contributed by atoms with van der Waals surface area (Å²) in [5, 5.41) is 6.54. The fraction of sp³-hybridized carbons (Fsp3) is 0.125. The van der Waals surface area contributed by atoms with Gasteiger partial charge in [0.15, 0.2) is 5.13 Å². The van der Waals surface area contributed by atoms with E-state index in [0.29, 0.717) is 16.4 Å². The van der Waals surface area contributed by atoms with Crippen molar-refractivity contribution in [1.29, 1.82) is 0 Å². The third-order valence-electron chi connectivity index (χ3n) is 3.15. The van der Waals surface area contributed by atoms with E-state index in [1.807, 2.05) is 17.5 Å². The number of hydrogen-bond acceptors (Lipinski definition) is 4. The van der Waals surface area contributed by atoms with Gasteiger partial charge in [0.2, 0.25) is 5.91 Å². The number of alkyl halides is 3. The first-order chi connectivity index (χ1) is 11.4. The van der Waals surface area contributed by atoms with Gasteiger partial charge in [-0.1, -0.05) is 18.2 Å². The molecule has 0 fully saturated rings. The number of rotatable bonds is 4. The molecule has 3 nitrogen and oxygen atoms in total. The van der Waals surface area contributed by atoms with Crippen LogP contribution in [0.25, 0.3) is 11.3 Å². The molecular formula is C16H11F3N2OS2. The fourth-order valence-electron chi connectivity index (χ4n) is 2.05. The minimum absolute atomic E-state index is 0.206. The van der Waals surface area contributed by atoms with Gasteiger partial charge in [0.05, 0.1) is 17.7 Å². The van der Waals surface area contributed by atoms with Gasteiger partial charge in [0, 0.05) is 15.8 Å². The minimum Gasteiger partial charge on any atom is -0.302 e. The number of thiophene rings is 1. The highest BCUT2D eigenvalue weighted by Crippen LogP contribution is 2.33. The Kier molecular flexibility index (Phi) is 4.68. The monoisotopic (exact) mass is 368 g/mol. The van der Waals surface area contributed by atoms with E-state index in [0.717, 1.165) is 17.0 Å². The zero-order chi connectivity index (χ0) is 17.2. The molecule has 0 aliphatic rings. The van der Waals surface area contributed by atoms with Gasteiger partial charge in [-0.3, -0.25) is 4.79 Å².